The number of ether oxygens (including phenoxy) is 2. The highest BCUT2D eigenvalue weighted by Crippen LogP contribution is 2.44. The van der Waals surface area contributed by atoms with Gasteiger partial charge in [-0.05, 0) is 43.2 Å². The third-order valence-corrected chi connectivity index (χ3v) is 7.31. The number of likely N-dealkylation sites (N-methyl/N-ethyl adjacent to an activating group) is 1. The predicted octanol–water partition coefficient (Wildman–Crippen LogP) is 1.63. The van der Waals surface area contributed by atoms with Crippen LogP contribution in [0.3, 0.4) is 0 Å². The summed E-state index contributed by atoms with van der Waals surface area (Å²) in [6.07, 6.45) is 4.62. The van der Waals surface area contributed by atoms with Crippen LogP contribution in [0.15, 0.2) is 23.1 Å². The van der Waals surface area contributed by atoms with Crippen molar-refractivity contribution in [2.75, 3.05) is 27.8 Å². The molecule has 0 spiro atoms. The van der Waals surface area contributed by atoms with E-state index in [9.17, 15) is 13.2 Å². The van der Waals surface area contributed by atoms with Gasteiger partial charge in [0.1, 0.15) is 0 Å². The van der Waals surface area contributed by atoms with E-state index in [2.05, 4.69) is 5.32 Å². The van der Waals surface area contributed by atoms with E-state index in [1.165, 1.54) is 52.3 Å². The zero-order chi connectivity index (χ0) is 18.9. The second kappa shape index (κ2) is 7.44. The Morgan fingerprint density at radius 1 is 1.19 bits per heavy atom. The molecule has 1 N–H and O–H groups in total. The normalized spacial score (nSPS) is 24.7. The molecule has 2 saturated carbocycles. The van der Waals surface area contributed by atoms with Gasteiger partial charge in [0.2, 0.25) is 15.9 Å². The number of amides is 1. The number of hydrogen-bond acceptors (Lipinski definition) is 5. The van der Waals surface area contributed by atoms with E-state index in [0.717, 1.165) is 23.1 Å². The largest absolute Gasteiger partial charge is 0.493 e. The summed E-state index contributed by atoms with van der Waals surface area (Å²) in [4.78, 5) is 12.4. The Morgan fingerprint density at radius 2 is 1.92 bits per heavy atom. The Morgan fingerprint density at radius 3 is 2.50 bits per heavy atom. The molecule has 2 aliphatic carbocycles. The van der Waals surface area contributed by atoms with E-state index in [1.54, 1.807) is 0 Å². The lowest BCUT2D eigenvalue weighted by Crippen LogP contribution is -2.44. The van der Waals surface area contributed by atoms with Crippen LogP contribution in [0, 0.1) is 11.8 Å². The summed E-state index contributed by atoms with van der Waals surface area (Å²) in [5, 5.41) is 3.02. The van der Waals surface area contributed by atoms with Crippen molar-refractivity contribution in [3.05, 3.63) is 18.2 Å². The van der Waals surface area contributed by atoms with Gasteiger partial charge < -0.3 is 14.8 Å². The Labute approximate surface area is 154 Å². The van der Waals surface area contributed by atoms with Crippen LogP contribution in [0.4, 0.5) is 0 Å². The molecule has 1 aromatic rings. The molecule has 0 aromatic heterocycles. The average molecular weight is 382 g/mol. The van der Waals surface area contributed by atoms with Crippen molar-refractivity contribution in [2.24, 2.45) is 11.8 Å². The number of nitrogens with zero attached hydrogens (tertiary/aromatic N) is 1. The highest BCUT2D eigenvalue weighted by atomic mass is 32.2. The van der Waals surface area contributed by atoms with Gasteiger partial charge in [0.25, 0.3) is 0 Å². The zero-order valence-electron chi connectivity index (χ0n) is 15.4. The number of carbonyl (C=O) groups is 1. The van der Waals surface area contributed by atoms with Gasteiger partial charge in [0.05, 0.1) is 25.7 Å². The minimum atomic E-state index is -3.80. The fourth-order valence-corrected chi connectivity index (χ4v) is 5.26. The zero-order valence-corrected chi connectivity index (χ0v) is 16.2. The summed E-state index contributed by atoms with van der Waals surface area (Å²) >= 11 is 0. The SMILES string of the molecule is COc1ccc(S(=O)(=O)N(C)CC(=O)N[C@H]2C[C@H]3CC[C@H]2C3)cc1OC. The molecule has 144 valence electrons. The minimum absolute atomic E-state index is 0.0605. The fraction of sp³-hybridized carbons (Fsp3) is 0.611. The van der Waals surface area contributed by atoms with Gasteiger partial charge in [-0.2, -0.15) is 4.31 Å². The molecular weight excluding hydrogens is 356 g/mol. The Kier molecular flexibility index (Phi) is 5.43. The molecule has 7 nitrogen and oxygen atoms in total. The van der Waals surface area contributed by atoms with E-state index in [0.29, 0.717) is 17.4 Å². The first kappa shape index (κ1) is 19.0. The molecule has 3 atom stereocenters. The second-order valence-electron chi connectivity index (χ2n) is 7.13. The monoisotopic (exact) mass is 382 g/mol. The summed E-state index contributed by atoms with van der Waals surface area (Å²) in [7, 11) is 0.540. The van der Waals surface area contributed by atoms with E-state index in [1.807, 2.05) is 0 Å². The van der Waals surface area contributed by atoms with Crippen molar-refractivity contribution < 1.29 is 22.7 Å². The first-order chi connectivity index (χ1) is 12.3. The molecule has 2 fully saturated rings. The van der Waals surface area contributed by atoms with Crippen molar-refractivity contribution in [2.45, 2.75) is 36.6 Å². The van der Waals surface area contributed by atoms with Gasteiger partial charge in [0.15, 0.2) is 11.5 Å². The smallest absolute Gasteiger partial charge is 0.243 e. The number of fused-ring (bicyclic) bond motifs is 2. The van der Waals surface area contributed by atoms with E-state index < -0.39 is 10.0 Å². The molecule has 0 aliphatic heterocycles. The predicted molar refractivity (Wildman–Crippen MR) is 96.7 cm³/mol. The number of rotatable bonds is 7. The lowest BCUT2D eigenvalue weighted by atomic mass is 9.95. The number of sulfonamides is 1. The average Bonchev–Trinajstić information content (AvgIpc) is 3.23. The van der Waals surface area contributed by atoms with E-state index >= 15 is 0 Å². The molecule has 3 rings (SSSR count). The third kappa shape index (κ3) is 3.66. The van der Waals surface area contributed by atoms with Gasteiger partial charge >= 0.3 is 0 Å². The summed E-state index contributed by atoms with van der Waals surface area (Å²) in [5.41, 5.74) is 0. The van der Waals surface area contributed by atoms with Crippen LogP contribution >= 0.6 is 0 Å². The van der Waals surface area contributed by atoms with Crippen molar-refractivity contribution in [3.63, 3.8) is 0 Å². The number of nitrogens with one attached hydrogen (secondary N) is 1. The summed E-state index contributed by atoms with van der Waals surface area (Å²) in [6.45, 7) is -0.204. The van der Waals surface area contributed by atoms with E-state index in [-0.39, 0.29) is 23.4 Å². The first-order valence-electron chi connectivity index (χ1n) is 8.83. The maximum absolute atomic E-state index is 12.7. The topological polar surface area (TPSA) is 84.9 Å². The van der Waals surface area contributed by atoms with Crippen molar-refractivity contribution in [3.8, 4) is 11.5 Å². The van der Waals surface area contributed by atoms with Crippen LogP contribution < -0.4 is 14.8 Å². The van der Waals surface area contributed by atoms with Crippen LogP contribution in [0.1, 0.15) is 25.7 Å². The third-order valence-electron chi connectivity index (χ3n) is 5.51. The Hall–Kier alpha value is -1.80. The number of carbonyl (C=O) groups excluding carboxylic acids is 1. The molecule has 26 heavy (non-hydrogen) atoms. The van der Waals surface area contributed by atoms with Gasteiger partial charge in [0, 0.05) is 19.2 Å². The van der Waals surface area contributed by atoms with Crippen molar-refractivity contribution in [1.29, 1.82) is 0 Å². The van der Waals surface area contributed by atoms with Gasteiger partial charge in [-0.1, -0.05) is 6.42 Å². The molecule has 2 bridgehead atoms. The molecular formula is C18H26N2O5S. The molecule has 0 unspecified atom stereocenters. The van der Waals surface area contributed by atoms with Crippen molar-refractivity contribution >= 4 is 15.9 Å². The summed E-state index contributed by atoms with van der Waals surface area (Å²) in [5.74, 6) is 1.79. The van der Waals surface area contributed by atoms with E-state index in [4.69, 9.17) is 9.47 Å². The molecule has 2 aliphatic rings. The van der Waals surface area contributed by atoms with Crippen LogP contribution in [-0.4, -0.2) is 52.5 Å². The number of benzene rings is 1. The quantitative estimate of drug-likeness (QED) is 0.775. The molecule has 0 radical (unpaired) electrons. The molecule has 1 amide bonds. The maximum atomic E-state index is 12.7. The molecule has 0 saturated heterocycles. The fourth-order valence-electron chi connectivity index (χ4n) is 4.12. The van der Waals surface area contributed by atoms with Crippen LogP contribution in [0.25, 0.3) is 0 Å². The number of methoxy groups -OCH3 is 2. The lowest BCUT2D eigenvalue weighted by Gasteiger charge is -2.24. The Bertz CT molecular complexity index is 780. The molecule has 8 heteroatoms. The first-order valence-corrected chi connectivity index (χ1v) is 10.3. The second-order valence-corrected chi connectivity index (χ2v) is 9.17. The maximum Gasteiger partial charge on any atom is 0.243 e. The highest BCUT2D eigenvalue weighted by molar-refractivity contribution is 7.89. The molecule has 0 heterocycles. The summed E-state index contributed by atoms with van der Waals surface area (Å²) < 4.78 is 36.9. The van der Waals surface area contributed by atoms with Crippen LogP contribution in [-0.2, 0) is 14.8 Å². The van der Waals surface area contributed by atoms with Gasteiger partial charge in [-0.3, -0.25) is 4.79 Å². The molecule has 1 aromatic carbocycles. The van der Waals surface area contributed by atoms with Crippen LogP contribution in [0.2, 0.25) is 0 Å². The number of hydrogen-bond donors (Lipinski definition) is 1. The minimum Gasteiger partial charge on any atom is -0.493 e. The standard InChI is InChI=1S/C18H26N2O5S/c1-20(11-18(21)19-15-9-12-4-5-13(15)8-12)26(22,23)14-6-7-16(24-2)17(10-14)25-3/h6-7,10,12-13,15H,4-5,8-9,11H2,1-3H3,(H,19,21)/t12-,13-,15-/m0/s1. The van der Waals surface area contributed by atoms with Crippen molar-refractivity contribution in [1.82, 2.24) is 9.62 Å². The van der Waals surface area contributed by atoms with Gasteiger partial charge in [-0.15, -0.1) is 0 Å². The Balaban J connectivity index is 1.66. The van der Waals surface area contributed by atoms with Gasteiger partial charge in [-0.25, -0.2) is 8.42 Å². The highest BCUT2D eigenvalue weighted by Gasteiger charge is 2.40. The lowest BCUT2D eigenvalue weighted by molar-refractivity contribution is -0.122. The van der Waals surface area contributed by atoms with Crippen LogP contribution in [0.5, 0.6) is 11.5 Å². The summed E-state index contributed by atoms with van der Waals surface area (Å²) in [6, 6.07) is 4.58.